The van der Waals surface area contributed by atoms with Gasteiger partial charge in [-0.1, -0.05) is 26.2 Å². The van der Waals surface area contributed by atoms with Gasteiger partial charge in [0, 0.05) is 11.6 Å². The zero-order valence-corrected chi connectivity index (χ0v) is 16.0. The standard InChI is InChI=1S/C23H36NO/c1-2-3-4-5-7-18-8-6-9-24(17-18)10-11-25-23-21-13-19-12-20(15-21)16-22(23)14-19/h6,8-9,17,19-23H,2-5,7,10-16H2,1H3/q+1. The molecule has 0 atom stereocenters. The molecule has 0 aromatic carbocycles. The molecule has 4 bridgehead atoms. The SMILES string of the molecule is CCCCCCc1ccc[n+](CCOC2C3CC4CC(C3)CC2C4)c1. The van der Waals surface area contributed by atoms with Gasteiger partial charge in [0.15, 0.2) is 18.9 Å². The summed E-state index contributed by atoms with van der Waals surface area (Å²) in [5.74, 6) is 3.85. The number of ether oxygens (including phenoxy) is 1. The molecule has 2 heteroatoms. The van der Waals surface area contributed by atoms with Crippen molar-refractivity contribution in [3.8, 4) is 0 Å². The van der Waals surface area contributed by atoms with E-state index in [9.17, 15) is 0 Å². The summed E-state index contributed by atoms with van der Waals surface area (Å²) in [7, 11) is 0. The van der Waals surface area contributed by atoms with Crippen molar-refractivity contribution >= 4 is 0 Å². The second-order valence-electron chi connectivity index (χ2n) is 9.03. The fourth-order valence-electron chi connectivity index (χ4n) is 6.06. The molecule has 0 saturated heterocycles. The highest BCUT2D eigenvalue weighted by atomic mass is 16.5. The van der Waals surface area contributed by atoms with Crippen LogP contribution in [0, 0.1) is 23.7 Å². The van der Waals surface area contributed by atoms with Crippen molar-refractivity contribution in [3.05, 3.63) is 30.1 Å². The normalized spacial score (nSPS) is 33.1. The van der Waals surface area contributed by atoms with Gasteiger partial charge in [-0.3, -0.25) is 0 Å². The van der Waals surface area contributed by atoms with Crippen molar-refractivity contribution in [2.45, 2.75) is 83.8 Å². The maximum absolute atomic E-state index is 6.45. The van der Waals surface area contributed by atoms with Crippen LogP contribution in [-0.2, 0) is 17.7 Å². The van der Waals surface area contributed by atoms with E-state index >= 15 is 0 Å². The van der Waals surface area contributed by atoms with E-state index in [0.29, 0.717) is 6.10 Å². The number of aromatic nitrogens is 1. The lowest BCUT2D eigenvalue weighted by molar-refractivity contribution is -0.699. The lowest BCUT2D eigenvalue weighted by atomic mass is 9.55. The third kappa shape index (κ3) is 4.27. The molecule has 25 heavy (non-hydrogen) atoms. The Kier molecular flexibility index (Phi) is 5.75. The van der Waals surface area contributed by atoms with Gasteiger partial charge in [0.05, 0.1) is 6.10 Å². The number of pyridine rings is 1. The molecular formula is C23H36NO+. The Morgan fingerprint density at radius 1 is 1.00 bits per heavy atom. The molecule has 0 aliphatic heterocycles. The van der Waals surface area contributed by atoms with Gasteiger partial charge < -0.3 is 4.74 Å². The largest absolute Gasteiger partial charge is 0.371 e. The molecule has 4 fully saturated rings. The third-order valence-electron chi connectivity index (χ3n) is 7.04. The van der Waals surface area contributed by atoms with Crippen molar-refractivity contribution < 1.29 is 9.30 Å². The number of aryl methyl sites for hydroxylation is 1. The molecule has 4 aliphatic carbocycles. The first-order valence-electron chi connectivity index (χ1n) is 10.9. The number of hydrogen-bond donors (Lipinski definition) is 0. The maximum Gasteiger partial charge on any atom is 0.172 e. The van der Waals surface area contributed by atoms with Crippen LogP contribution in [0.25, 0.3) is 0 Å². The average Bonchev–Trinajstić information content (AvgIpc) is 2.61. The Bertz CT molecular complexity index is 527. The summed E-state index contributed by atoms with van der Waals surface area (Å²) in [6, 6.07) is 4.49. The van der Waals surface area contributed by atoms with Crippen LogP contribution >= 0.6 is 0 Å². The van der Waals surface area contributed by atoms with Crippen LogP contribution in [0.4, 0.5) is 0 Å². The average molecular weight is 343 g/mol. The van der Waals surface area contributed by atoms with Gasteiger partial charge in [0.2, 0.25) is 0 Å². The smallest absolute Gasteiger partial charge is 0.172 e. The summed E-state index contributed by atoms with van der Waals surface area (Å²) in [6.45, 7) is 4.17. The van der Waals surface area contributed by atoms with Crippen LogP contribution in [0.1, 0.15) is 70.3 Å². The Balaban J connectivity index is 1.23. The predicted octanol–water partition coefficient (Wildman–Crippen LogP) is 4.94. The second-order valence-corrected chi connectivity index (χ2v) is 9.03. The van der Waals surface area contributed by atoms with E-state index in [1.54, 1.807) is 0 Å². The minimum Gasteiger partial charge on any atom is -0.371 e. The second kappa shape index (κ2) is 8.20. The third-order valence-corrected chi connectivity index (χ3v) is 7.04. The lowest BCUT2D eigenvalue weighted by Gasteiger charge is -2.53. The Morgan fingerprint density at radius 3 is 2.48 bits per heavy atom. The summed E-state index contributed by atoms with van der Waals surface area (Å²) < 4.78 is 8.79. The molecule has 4 aliphatic rings. The molecule has 5 rings (SSSR count). The highest BCUT2D eigenvalue weighted by molar-refractivity contribution is 5.05. The first-order valence-corrected chi connectivity index (χ1v) is 10.9. The van der Waals surface area contributed by atoms with Crippen molar-refractivity contribution in [3.63, 3.8) is 0 Å². The van der Waals surface area contributed by atoms with Gasteiger partial charge >= 0.3 is 0 Å². The van der Waals surface area contributed by atoms with E-state index in [2.05, 4.69) is 36.0 Å². The Morgan fingerprint density at radius 2 is 1.76 bits per heavy atom. The first-order chi connectivity index (χ1) is 12.3. The Hall–Kier alpha value is -0.890. The van der Waals surface area contributed by atoms with Gasteiger partial charge in [0.25, 0.3) is 0 Å². The quantitative estimate of drug-likeness (QED) is 0.458. The Labute approximate surface area is 154 Å². The van der Waals surface area contributed by atoms with Gasteiger partial charge in [-0.05, 0) is 74.7 Å². The monoisotopic (exact) mass is 342 g/mol. The summed E-state index contributed by atoms with van der Waals surface area (Å²) in [5.41, 5.74) is 1.48. The predicted molar refractivity (Wildman–Crippen MR) is 101 cm³/mol. The van der Waals surface area contributed by atoms with E-state index in [4.69, 9.17) is 4.74 Å². The van der Waals surface area contributed by atoms with Crippen molar-refractivity contribution in [2.24, 2.45) is 23.7 Å². The molecule has 1 aromatic heterocycles. The highest BCUT2D eigenvalue weighted by Gasteiger charge is 2.48. The van der Waals surface area contributed by atoms with Gasteiger partial charge in [-0.2, -0.15) is 0 Å². The van der Waals surface area contributed by atoms with Crippen LogP contribution in [0.15, 0.2) is 24.5 Å². The fraction of sp³-hybridized carbons (Fsp3) is 0.783. The molecule has 1 heterocycles. The van der Waals surface area contributed by atoms with Gasteiger partial charge in [-0.15, -0.1) is 0 Å². The maximum atomic E-state index is 6.45. The summed E-state index contributed by atoms with van der Waals surface area (Å²) in [6.07, 6.45) is 19.1. The van der Waals surface area contributed by atoms with E-state index < -0.39 is 0 Å². The van der Waals surface area contributed by atoms with Crippen molar-refractivity contribution in [2.75, 3.05) is 6.61 Å². The zero-order chi connectivity index (χ0) is 17.1. The van der Waals surface area contributed by atoms with E-state index in [0.717, 1.165) is 36.8 Å². The van der Waals surface area contributed by atoms with E-state index in [1.165, 1.54) is 69.8 Å². The fourth-order valence-corrected chi connectivity index (χ4v) is 6.06. The van der Waals surface area contributed by atoms with Crippen LogP contribution < -0.4 is 4.57 Å². The van der Waals surface area contributed by atoms with E-state index in [1.807, 2.05) is 0 Å². The lowest BCUT2D eigenvalue weighted by Crippen LogP contribution is -2.50. The molecule has 1 aromatic rings. The zero-order valence-electron chi connectivity index (χ0n) is 16.0. The van der Waals surface area contributed by atoms with Crippen LogP contribution in [0.2, 0.25) is 0 Å². The molecule has 0 radical (unpaired) electrons. The van der Waals surface area contributed by atoms with Gasteiger partial charge in [-0.25, -0.2) is 4.57 Å². The summed E-state index contributed by atoms with van der Waals surface area (Å²) >= 11 is 0. The summed E-state index contributed by atoms with van der Waals surface area (Å²) in [5, 5.41) is 0. The van der Waals surface area contributed by atoms with Crippen molar-refractivity contribution in [1.82, 2.24) is 0 Å². The molecule has 4 saturated carbocycles. The number of rotatable bonds is 9. The van der Waals surface area contributed by atoms with Crippen LogP contribution in [-0.4, -0.2) is 12.7 Å². The molecular weight excluding hydrogens is 306 g/mol. The minimum atomic E-state index is 0.575. The molecule has 0 spiro atoms. The van der Waals surface area contributed by atoms with Gasteiger partial charge in [0.1, 0.15) is 6.61 Å². The van der Waals surface area contributed by atoms with E-state index in [-0.39, 0.29) is 0 Å². The number of hydrogen-bond acceptors (Lipinski definition) is 1. The van der Waals surface area contributed by atoms with Crippen LogP contribution in [0.5, 0.6) is 0 Å². The summed E-state index contributed by atoms with van der Waals surface area (Å²) in [4.78, 5) is 0. The molecule has 2 nitrogen and oxygen atoms in total. The molecule has 138 valence electrons. The number of unbranched alkanes of at least 4 members (excludes halogenated alkanes) is 3. The van der Waals surface area contributed by atoms with Crippen molar-refractivity contribution in [1.29, 1.82) is 0 Å². The molecule has 0 amide bonds. The topological polar surface area (TPSA) is 13.1 Å². The highest BCUT2D eigenvalue weighted by Crippen LogP contribution is 2.54. The minimum absolute atomic E-state index is 0.575. The molecule has 0 unspecified atom stereocenters. The number of nitrogens with zero attached hydrogens (tertiary/aromatic N) is 1. The van der Waals surface area contributed by atoms with Crippen LogP contribution in [0.3, 0.4) is 0 Å². The first kappa shape index (κ1) is 17.5. The molecule has 0 N–H and O–H groups in total.